The third kappa shape index (κ3) is 5.78. The fourth-order valence-corrected chi connectivity index (χ4v) is 15.9. The van der Waals surface area contributed by atoms with Gasteiger partial charge in [-0.1, -0.05) is 38.8 Å². The summed E-state index contributed by atoms with van der Waals surface area (Å²) in [7, 11) is 0. The smallest absolute Gasteiger partial charge is 0.306 e. The second-order valence-corrected chi connectivity index (χ2v) is 20.8. The molecule has 314 valence electrons. The van der Waals surface area contributed by atoms with Gasteiger partial charge in [-0.3, -0.25) is 24.0 Å². The lowest BCUT2D eigenvalue weighted by Crippen LogP contribution is -2.63. The van der Waals surface area contributed by atoms with Gasteiger partial charge >= 0.3 is 5.97 Å². The van der Waals surface area contributed by atoms with E-state index in [4.69, 9.17) is 4.74 Å². The van der Waals surface area contributed by atoms with E-state index < -0.39 is 70.4 Å². The Kier molecular flexibility index (Phi) is 10.1. The highest BCUT2D eigenvalue weighted by molar-refractivity contribution is 5.93. The monoisotopic (exact) mass is 792 g/mol. The second-order valence-electron chi connectivity index (χ2n) is 20.8. The van der Waals surface area contributed by atoms with Gasteiger partial charge in [0.15, 0.2) is 24.0 Å². The maximum absolute atomic E-state index is 13.9. The first-order valence-corrected chi connectivity index (χ1v) is 21.9. The van der Waals surface area contributed by atoms with Crippen molar-refractivity contribution < 1.29 is 54.2 Å². The maximum atomic E-state index is 13.9. The SMILES string of the molecule is C[C@]12CCC(=O)C=C1CCC1C2[C@@H](O)C[C@@]2(C)C1CC[C@]2(O)C(=O)COC(=O)CCCC1CC(=O)C=C2CC[C@@H]3[C@H]([C@@H](O)C[C@@]4(C)[C@H]3CC[C@]4(O)C(=O)CO)[C@]21C. The van der Waals surface area contributed by atoms with E-state index in [2.05, 4.69) is 13.8 Å². The minimum Gasteiger partial charge on any atom is -0.458 e. The molecular formula is C46H64O11. The molecule has 4 unspecified atom stereocenters. The minimum absolute atomic E-state index is 0.0144. The van der Waals surface area contributed by atoms with Crippen molar-refractivity contribution in [1.29, 1.82) is 0 Å². The molecule has 0 spiro atoms. The van der Waals surface area contributed by atoms with Gasteiger partial charge in [0.2, 0.25) is 5.78 Å². The first kappa shape index (κ1) is 41.2. The lowest BCUT2D eigenvalue weighted by atomic mass is 9.43. The van der Waals surface area contributed by atoms with Crippen molar-refractivity contribution in [3.8, 4) is 0 Å². The Morgan fingerprint density at radius 3 is 1.93 bits per heavy atom. The molecule has 6 saturated carbocycles. The molecule has 8 aliphatic carbocycles. The summed E-state index contributed by atoms with van der Waals surface area (Å²) in [6, 6.07) is 0. The van der Waals surface area contributed by atoms with Crippen LogP contribution in [0.25, 0.3) is 0 Å². The van der Waals surface area contributed by atoms with Crippen LogP contribution in [0.5, 0.6) is 0 Å². The molecule has 11 nitrogen and oxygen atoms in total. The number of rotatable bonds is 9. The third-order valence-electron chi connectivity index (χ3n) is 18.8. The molecule has 6 fully saturated rings. The summed E-state index contributed by atoms with van der Waals surface area (Å²) in [6.07, 6.45) is 9.61. The molecule has 0 aliphatic heterocycles. The lowest BCUT2D eigenvalue weighted by molar-refractivity contribution is -0.186. The van der Waals surface area contributed by atoms with Crippen LogP contribution in [0.15, 0.2) is 23.3 Å². The topological polar surface area (TPSA) is 196 Å². The number of allylic oxidation sites excluding steroid dienone is 2. The van der Waals surface area contributed by atoms with Gasteiger partial charge in [-0.25, -0.2) is 0 Å². The van der Waals surface area contributed by atoms with Gasteiger partial charge in [0.05, 0.1) is 12.2 Å². The van der Waals surface area contributed by atoms with Crippen molar-refractivity contribution in [2.24, 2.45) is 63.1 Å². The zero-order valence-corrected chi connectivity index (χ0v) is 34.3. The van der Waals surface area contributed by atoms with Crippen molar-refractivity contribution in [2.45, 2.75) is 154 Å². The van der Waals surface area contributed by atoms with Gasteiger partial charge in [-0.2, -0.15) is 0 Å². The Bertz CT molecular complexity index is 1800. The molecule has 0 aromatic heterocycles. The molecule has 0 radical (unpaired) electrons. The van der Waals surface area contributed by atoms with E-state index in [0.717, 1.165) is 30.4 Å². The fourth-order valence-electron chi connectivity index (χ4n) is 15.9. The second kappa shape index (κ2) is 14.0. The first-order valence-electron chi connectivity index (χ1n) is 21.9. The number of ether oxygens (including phenoxy) is 1. The van der Waals surface area contributed by atoms with Gasteiger partial charge in [0.25, 0.3) is 0 Å². The molecule has 57 heavy (non-hydrogen) atoms. The van der Waals surface area contributed by atoms with E-state index in [1.165, 1.54) is 0 Å². The van der Waals surface area contributed by atoms with Crippen molar-refractivity contribution in [2.75, 3.05) is 13.2 Å². The molecule has 8 aliphatic rings. The number of carbonyl (C=O) groups excluding carboxylic acids is 5. The van der Waals surface area contributed by atoms with Gasteiger partial charge in [0.1, 0.15) is 17.8 Å². The summed E-state index contributed by atoms with van der Waals surface area (Å²) in [5.41, 5.74) is -3.84. The van der Waals surface area contributed by atoms with Gasteiger partial charge in [-0.05, 0) is 148 Å². The summed E-state index contributed by atoms with van der Waals surface area (Å²) in [5.74, 6) is -1.79. The van der Waals surface area contributed by atoms with Crippen molar-refractivity contribution in [3.63, 3.8) is 0 Å². The van der Waals surface area contributed by atoms with Gasteiger partial charge < -0.3 is 30.3 Å². The van der Waals surface area contributed by atoms with Crippen molar-refractivity contribution >= 4 is 29.1 Å². The summed E-state index contributed by atoms with van der Waals surface area (Å²) >= 11 is 0. The predicted molar refractivity (Wildman–Crippen MR) is 207 cm³/mol. The van der Waals surface area contributed by atoms with Gasteiger partial charge in [0, 0.05) is 30.1 Å². The molecule has 0 aromatic rings. The highest BCUT2D eigenvalue weighted by Gasteiger charge is 2.70. The highest BCUT2D eigenvalue weighted by atomic mass is 16.5. The number of fused-ring (bicyclic) bond motifs is 10. The van der Waals surface area contributed by atoms with Crippen LogP contribution in [0.3, 0.4) is 0 Å². The molecule has 15 atom stereocenters. The quantitative estimate of drug-likeness (QED) is 0.206. The zero-order valence-electron chi connectivity index (χ0n) is 34.3. The van der Waals surface area contributed by atoms with Crippen LogP contribution in [0.2, 0.25) is 0 Å². The third-order valence-corrected chi connectivity index (χ3v) is 18.8. The number of aliphatic hydroxyl groups excluding tert-OH is 3. The van der Waals surface area contributed by atoms with Crippen LogP contribution in [-0.4, -0.2) is 91.3 Å². The van der Waals surface area contributed by atoms with Crippen LogP contribution >= 0.6 is 0 Å². The van der Waals surface area contributed by atoms with E-state index in [9.17, 15) is 49.5 Å². The summed E-state index contributed by atoms with van der Waals surface area (Å²) in [4.78, 5) is 65.2. The normalized spacial score (nSPS) is 48.6. The highest BCUT2D eigenvalue weighted by Crippen LogP contribution is 2.70. The fraction of sp³-hybridized carbons (Fsp3) is 0.804. The minimum atomic E-state index is -1.74. The van der Waals surface area contributed by atoms with Crippen LogP contribution in [0, 0.1) is 63.1 Å². The average Bonchev–Trinajstić information content (AvgIpc) is 3.59. The number of aliphatic hydroxyl groups is 5. The van der Waals surface area contributed by atoms with Crippen LogP contribution in [0.4, 0.5) is 0 Å². The zero-order chi connectivity index (χ0) is 41.1. The van der Waals surface area contributed by atoms with Crippen molar-refractivity contribution in [1.82, 2.24) is 0 Å². The Balaban J connectivity index is 0.904. The van der Waals surface area contributed by atoms with Crippen LogP contribution in [-0.2, 0) is 28.7 Å². The first-order chi connectivity index (χ1) is 26.8. The predicted octanol–water partition coefficient (Wildman–Crippen LogP) is 4.52. The van der Waals surface area contributed by atoms with Crippen molar-refractivity contribution in [3.05, 3.63) is 23.3 Å². The molecule has 11 heteroatoms. The molecule has 0 bridgehead atoms. The molecule has 5 N–H and O–H groups in total. The number of esters is 1. The number of Topliss-reactive ketones (excluding diaryl/α,β-unsaturated/α-hetero) is 2. The Morgan fingerprint density at radius 2 is 1.30 bits per heavy atom. The largest absolute Gasteiger partial charge is 0.458 e. The molecule has 0 amide bonds. The van der Waals surface area contributed by atoms with Crippen LogP contribution in [0.1, 0.15) is 130 Å². The van der Waals surface area contributed by atoms with E-state index in [-0.39, 0.29) is 96.9 Å². The number of ketones is 4. The molecule has 8 rings (SSSR count). The van der Waals surface area contributed by atoms with E-state index >= 15 is 0 Å². The summed E-state index contributed by atoms with van der Waals surface area (Å²) < 4.78 is 5.55. The molecular weight excluding hydrogens is 728 g/mol. The Morgan fingerprint density at radius 1 is 0.737 bits per heavy atom. The Hall–Kier alpha value is -2.57. The van der Waals surface area contributed by atoms with E-state index in [1.807, 2.05) is 13.8 Å². The molecule has 0 heterocycles. The summed E-state index contributed by atoms with van der Waals surface area (Å²) in [6.45, 7) is 6.80. The maximum Gasteiger partial charge on any atom is 0.306 e. The van der Waals surface area contributed by atoms with E-state index in [0.29, 0.717) is 44.9 Å². The standard InChI is InChI=1S/C46H64O11/c1-41-15-12-28(48)18-25(41)8-10-30-32-14-17-46(56,43(32,3)21-34(50)39(30)41)37(53)24-57-38(54)7-5-6-26-19-29(49)20-27-9-11-31-33-13-16-45(55,36(52)23-47)42(33,2)22-35(51)40(31)44(26,27)4/h18,20,26,30-35,39-40,47,50-51,55-56H,5-17,19,21-24H2,1-4H3/t26?,30?,31-,32?,33-,34-,35-,39?,40+,41-,42-,43-,44-,45-,46-/m0/s1. The number of hydrogen-bond donors (Lipinski definition) is 5. The lowest BCUT2D eigenvalue weighted by Gasteiger charge is -2.62. The molecule has 0 saturated heterocycles. The number of hydrogen-bond acceptors (Lipinski definition) is 11. The van der Waals surface area contributed by atoms with Gasteiger partial charge in [-0.15, -0.1) is 0 Å². The Labute approximate surface area is 336 Å². The van der Waals surface area contributed by atoms with Crippen LogP contribution < -0.4 is 0 Å². The average molecular weight is 793 g/mol. The molecule has 0 aromatic carbocycles. The summed E-state index contributed by atoms with van der Waals surface area (Å²) in [5, 5.41) is 57.1. The van der Waals surface area contributed by atoms with E-state index in [1.54, 1.807) is 12.2 Å². The number of carbonyl (C=O) groups is 5.